The molecule has 2 aliphatic heterocycles. The number of rotatable bonds is 1. The first kappa shape index (κ1) is 14.0. The third-order valence-corrected chi connectivity index (χ3v) is 4.10. The molecular formula is C17H13F2NO3. The van der Waals surface area contributed by atoms with Crippen molar-refractivity contribution < 1.29 is 23.0 Å². The molecule has 1 atom stereocenters. The molecule has 0 radical (unpaired) electrons. The van der Waals surface area contributed by atoms with Crippen molar-refractivity contribution in [1.82, 2.24) is 0 Å². The molecule has 1 amide bonds. The number of fused-ring (bicyclic) bond motifs is 2. The highest BCUT2D eigenvalue weighted by Gasteiger charge is 2.29. The average molecular weight is 317 g/mol. The summed E-state index contributed by atoms with van der Waals surface area (Å²) in [6.45, 7) is 0.903. The number of anilines is 1. The SMILES string of the molecule is O=C1CC(c2ccc(F)c(F)c2)c2cc3c(cc2N1)OCCO3. The van der Waals surface area contributed by atoms with E-state index < -0.39 is 11.6 Å². The van der Waals surface area contributed by atoms with Gasteiger partial charge in [-0.3, -0.25) is 4.79 Å². The zero-order valence-electron chi connectivity index (χ0n) is 12.1. The van der Waals surface area contributed by atoms with Crippen molar-refractivity contribution >= 4 is 11.6 Å². The molecule has 2 heterocycles. The summed E-state index contributed by atoms with van der Waals surface area (Å²) in [5.41, 5.74) is 1.97. The molecule has 0 aliphatic carbocycles. The van der Waals surface area contributed by atoms with E-state index >= 15 is 0 Å². The second-order valence-electron chi connectivity index (χ2n) is 5.56. The van der Waals surface area contributed by atoms with Crippen LogP contribution < -0.4 is 14.8 Å². The van der Waals surface area contributed by atoms with E-state index in [-0.39, 0.29) is 18.2 Å². The predicted octanol–water partition coefficient (Wildman–Crippen LogP) is 3.21. The highest BCUT2D eigenvalue weighted by molar-refractivity contribution is 5.96. The first-order chi connectivity index (χ1) is 11.1. The molecule has 0 bridgehead atoms. The predicted molar refractivity (Wildman–Crippen MR) is 78.9 cm³/mol. The summed E-state index contributed by atoms with van der Waals surface area (Å²) in [6.07, 6.45) is 0.164. The third kappa shape index (κ3) is 2.40. The van der Waals surface area contributed by atoms with E-state index in [4.69, 9.17) is 9.47 Å². The van der Waals surface area contributed by atoms with Crippen LogP contribution in [-0.4, -0.2) is 19.1 Å². The molecule has 1 N–H and O–H groups in total. The van der Waals surface area contributed by atoms with E-state index in [1.54, 1.807) is 12.1 Å². The van der Waals surface area contributed by atoms with Crippen LogP contribution >= 0.6 is 0 Å². The zero-order valence-corrected chi connectivity index (χ0v) is 12.1. The van der Waals surface area contributed by atoms with Crippen LogP contribution in [-0.2, 0) is 4.79 Å². The van der Waals surface area contributed by atoms with Crippen molar-refractivity contribution in [3.05, 3.63) is 53.1 Å². The monoisotopic (exact) mass is 317 g/mol. The van der Waals surface area contributed by atoms with Gasteiger partial charge in [0.15, 0.2) is 23.1 Å². The molecule has 2 aliphatic rings. The van der Waals surface area contributed by atoms with Gasteiger partial charge in [-0.1, -0.05) is 6.07 Å². The fourth-order valence-corrected chi connectivity index (χ4v) is 3.02. The van der Waals surface area contributed by atoms with Crippen molar-refractivity contribution in [2.45, 2.75) is 12.3 Å². The van der Waals surface area contributed by atoms with Gasteiger partial charge in [-0.05, 0) is 29.3 Å². The highest BCUT2D eigenvalue weighted by Crippen LogP contribution is 2.44. The molecule has 2 aromatic rings. The smallest absolute Gasteiger partial charge is 0.225 e. The second-order valence-corrected chi connectivity index (χ2v) is 5.56. The number of ether oxygens (including phenoxy) is 2. The quantitative estimate of drug-likeness (QED) is 0.878. The molecule has 118 valence electrons. The van der Waals surface area contributed by atoms with Gasteiger partial charge in [-0.2, -0.15) is 0 Å². The minimum absolute atomic E-state index is 0.164. The Morgan fingerprint density at radius 1 is 1.00 bits per heavy atom. The zero-order chi connectivity index (χ0) is 16.0. The lowest BCUT2D eigenvalue weighted by molar-refractivity contribution is -0.116. The summed E-state index contributed by atoms with van der Waals surface area (Å²) in [5, 5.41) is 2.79. The summed E-state index contributed by atoms with van der Waals surface area (Å²) in [7, 11) is 0. The van der Waals surface area contributed by atoms with Crippen LogP contribution in [0.2, 0.25) is 0 Å². The highest BCUT2D eigenvalue weighted by atomic mass is 19.2. The Morgan fingerprint density at radius 3 is 2.48 bits per heavy atom. The maximum atomic E-state index is 13.6. The Bertz CT molecular complexity index is 807. The van der Waals surface area contributed by atoms with Crippen molar-refractivity contribution in [3.8, 4) is 11.5 Å². The fraction of sp³-hybridized carbons (Fsp3) is 0.235. The molecule has 4 nitrogen and oxygen atoms in total. The standard InChI is InChI=1S/C17H13F2NO3/c18-12-2-1-9(5-13(12)19)10-7-17(21)20-14-8-16-15(6-11(10)14)22-3-4-23-16/h1-2,5-6,8,10H,3-4,7H2,(H,20,21). The van der Waals surface area contributed by atoms with E-state index in [1.165, 1.54) is 6.07 Å². The van der Waals surface area contributed by atoms with E-state index in [0.29, 0.717) is 36.0 Å². The Hall–Kier alpha value is -2.63. The van der Waals surface area contributed by atoms with Crippen LogP contribution in [0.4, 0.5) is 14.5 Å². The van der Waals surface area contributed by atoms with Crippen molar-refractivity contribution in [2.75, 3.05) is 18.5 Å². The Morgan fingerprint density at radius 2 is 1.74 bits per heavy atom. The third-order valence-electron chi connectivity index (χ3n) is 4.10. The van der Waals surface area contributed by atoms with Gasteiger partial charge < -0.3 is 14.8 Å². The van der Waals surface area contributed by atoms with Crippen LogP contribution in [0.3, 0.4) is 0 Å². The minimum atomic E-state index is -0.924. The molecule has 0 aromatic heterocycles. The molecule has 1 unspecified atom stereocenters. The molecule has 4 rings (SSSR count). The van der Waals surface area contributed by atoms with Crippen molar-refractivity contribution in [3.63, 3.8) is 0 Å². The van der Waals surface area contributed by atoms with Gasteiger partial charge in [0.2, 0.25) is 5.91 Å². The van der Waals surface area contributed by atoms with Gasteiger partial charge >= 0.3 is 0 Å². The Labute approximate surface area is 131 Å². The molecule has 6 heteroatoms. The summed E-state index contributed by atoms with van der Waals surface area (Å²) in [6, 6.07) is 7.24. The summed E-state index contributed by atoms with van der Waals surface area (Å²) >= 11 is 0. The lowest BCUT2D eigenvalue weighted by atomic mass is 9.84. The van der Waals surface area contributed by atoms with Crippen molar-refractivity contribution in [2.24, 2.45) is 0 Å². The van der Waals surface area contributed by atoms with Gasteiger partial charge in [0.05, 0.1) is 0 Å². The van der Waals surface area contributed by atoms with E-state index in [0.717, 1.165) is 17.7 Å². The minimum Gasteiger partial charge on any atom is -0.486 e. The number of nitrogens with one attached hydrogen (secondary N) is 1. The number of halogens is 2. The van der Waals surface area contributed by atoms with Crippen LogP contribution in [0.15, 0.2) is 30.3 Å². The Kier molecular flexibility index (Phi) is 3.18. The molecule has 0 spiro atoms. The summed E-state index contributed by atoms with van der Waals surface area (Å²) < 4.78 is 37.8. The molecule has 0 saturated carbocycles. The molecule has 0 fully saturated rings. The largest absolute Gasteiger partial charge is 0.486 e. The number of carbonyl (C=O) groups is 1. The summed E-state index contributed by atoms with van der Waals surface area (Å²) in [4.78, 5) is 12.0. The first-order valence-electron chi connectivity index (χ1n) is 7.30. The maximum absolute atomic E-state index is 13.6. The number of benzene rings is 2. The van der Waals surface area contributed by atoms with Crippen LogP contribution in [0.25, 0.3) is 0 Å². The van der Waals surface area contributed by atoms with Gasteiger partial charge in [-0.25, -0.2) is 8.78 Å². The van der Waals surface area contributed by atoms with Crippen molar-refractivity contribution in [1.29, 1.82) is 0 Å². The first-order valence-corrected chi connectivity index (χ1v) is 7.30. The number of amides is 1. The number of carbonyl (C=O) groups excluding carboxylic acids is 1. The molecular weight excluding hydrogens is 304 g/mol. The van der Waals surface area contributed by atoms with E-state index in [2.05, 4.69) is 5.32 Å². The second kappa shape index (κ2) is 5.22. The molecule has 23 heavy (non-hydrogen) atoms. The normalized spacial score (nSPS) is 19.0. The van der Waals surface area contributed by atoms with Gasteiger partial charge in [0.25, 0.3) is 0 Å². The van der Waals surface area contributed by atoms with Gasteiger partial charge in [0, 0.05) is 24.1 Å². The number of hydrogen-bond donors (Lipinski definition) is 1. The lowest BCUT2D eigenvalue weighted by Crippen LogP contribution is -2.25. The lowest BCUT2D eigenvalue weighted by Gasteiger charge is -2.29. The topological polar surface area (TPSA) is 47.6 Å². The van der Waals surface area contributed by atoms with Crippen LogP contribution in [0, 0.1) is 11.6 Å². The number of hydrogen-bond acceptors (Lipinski definition) is 3. The maximum Gasteiger partial charge on any atom is 0.225 e. The molecule has 2 aromatic carbocycles. The molecule has 0 saturated heterocycles. The average Bonchev–Trinajstić information content (AvgIpc) is 2.55. The fourth-order valence-electron chi connectivity index (χ4n) is 3.02. The van der Waals surface area contributed by atoms with Crippen LogP contribution in [0.5, 0.6) is 11.5 Å². The van der Waals surface area contributed by atoms with Crippen LogP contribution in [0.1, 0.15) is 23.5 Å². The van der Waals surface area contributed by atoms with Gasteiger partial charge in [0.1, 0.15) is 13.2 Å². The van der Waals surface area contributed by atoms with Gasteiger partial charge in [-0.15, -0.1) is 0 Å². The van der Waals surface area contributed by atoms with E-state index in [9.17, 15) is 13.6 Å². The summed E-state index contributed by atoms with van der Waals surface area (Å²) in [5.74, 6) is -1.20. The Balaban J connectivity index is 1.83. The van der Waals surface area contributed by atoms with E-state index in [1.807, 2.05) is 0 Å².